The lowest BCUT2D eigenvalue weighted by Gasteiger charge is -2.47. The van der Waals surface area contributed by atoms with Gasteiger partial charge in [-0.1, -0.05) is 102 Å². The molecule has 4 heterocycles. The number of ether oxygens (including phenoxy) is 4. The number of aliphatic hydroxyl groups is 2. The Morgan fingerprint density at radius 2 is 1.58 bits per heavy atom. The molecule has 0 aromatic carbocycles. The van der Waals surface area contributed by atoms with Crippen LogP contribution in [0.3, 0.4) is 0 Å². The largest absolute Gasteiger partial charge is 0.481 e. The molecule has 3 fully saturated rings. The fraction of sp³-hybridized carbons (Fsp3) is 0.886. The first-order valence-corrected chi connectivity index (χ1v) is 23.3. The third-order valence-corrected chi connectivity index (χ3v) is 14.5. The highest BCUT2D eigenvalue weighted by Gasteiger charge is 2.59. The maximum absolute atomic E-state index is 14.7. The molecule has 4 N–H and O–H groups in total. The van der Waals surface area contributed by atoms with Crippen molar-refractivity contribution in [1.29, 1.82) is 0 Å². The van der Waals surface area contributed by atoms with E-state index in [2.05, 4.69) is 5.32 Å². The van der Waals surface area contributed by atoms with E-state index in [-0.39, 0.29) is 30.0 Å². The number of aliphatic carboxylic acids is 1. The van der Waals surface area contributed by atoms with E-state index in [1.54, 1.807) is 13.0 Å². The van der Waals surface area contributed by atoms with Gasteiger partial charge in [0, 0.05) is 24.2 Å². The first-order valence-electron chi connectivity index (χ1n) is 22.2. The number of allylic oxidation sites excluding steroid dienone is 1. The molecule has 17 atom stereocenters. The number of ketones is 1. The molecule has 3 saturated heterocycles. The molecule has 0 bridgehead atoms. The Balaban J connectivity index is 1.63. The molecule has 1 spiro atoms. The summed E-state index contributed by atoms with van der Waals surface area (Å²) in [4.78, 5) is 52.9. The maximum atomic E-state index is 14.7. The fourth-order valence-corrected chi connectivity index (χ4v) is 10.3. The zero-order valence-corrected chi connectivity index (χ0v) is 39.4. The lowest BCUT2D eigenvalue weighted by Crippen LogP contribution is -2.58. The number of halogens is 3. The summed E-state index contributed by atoms with van der Waals surface area (Å²) in [5, 5.41) is 35.7. The molecule has 346 valence electrons. The van der Waals surface area contributed by atoms with Gasteiger partial charge in [0.15, 0.2) is 0 Å². The number of carbonyl (C=O) groups excluding carboxylic acids is 2. The number of carboxylic acid groups (broad SMARTS) is 1. The predicted octanol–water partition coefficient (Wildman–Crippen LogP) is 8.50. The van der Waals surface area contributed by atoms with Gasteiger partial charge >= 0.3 is 12.1 Å². The Hall–Kier alpha value is -1.26. The Bertz CT molecular complexity index is 1480. The Labute approximate surface area is 372 Å². The number of hydrogen-bond donors (Lipinski definition) is 4. The molecule has 4 rings (SSSR count). The Morgan fingerprint density at radius 3 is 2.17 bits per heavy atom. The van der Waals surface area contributed by atoms with Crippen LogP contribution >= 0.6 is 34.8 Å². The third-order valence-electron chi connectivity index (χ3n) is 14.2. The molecule has 1 amide bonds. The van der Waals surface area contributed by atoms with E-state index in [1.165, 1.54) is 0 Å². The first-order chi connectivity index (χ1) is 27.9. The standard InChI is InChI=1S/C44H72Cl3NO12/c1-11-30(39(51)52)32-16-15-25(5)37(57-32)28(8)35(49)27(7)36(50)31(12-2)38-26(6)22-24(4)14-17-33(48-40(53)55-23-44(45,46)47)43(60-58-38)21-20-41(10,59-43)34-18-19-42(54,13-3)29(9)56-34/h14,17,24-35,37-38,49,54H,11-13,15-16,18-23H2,1-10H3,(H,48,53)(H,51,52)/b17-14-/t24-,25-,26-,27-,28-,29-,30+,31-,32+,33+,34+,35+,37+,38-,41-,42+,43-/m0/s1. The maximum Gasteiger partial charge on any atom is 0.407 e. The number of amides is 1. The van der Waals surface area contributed by atoms with Gasteiger partial charge in [0.2, 0.25) is 9.58 Å². The van der Waals surface area contributed by atoms with Crippen molar-refractivity contribution in [2.75, 3.05) is 6.61 Å². The zero-order valence-electron chi connectivity index (χ0n) is 37.2. The van der Waals surface area contributed by atoms with Crippen LogP contribution in [-0.4, -0.2) is 103 Å². The molecule has 0 aromatic heterocycles. The van der Waals surface area contributed by atoms with Gasteiger partial charge in [0.1, 0.15) is 24.5 Å². The van der Waals surface area contributed by atoms with Crippen LogP contribution in [0, 0.1) is 41.4 Å². The minimum absolute atomic E-state index is 0.0453. The number of rotatable bonds is 14. The number of hydrogen-bond acceptors (Lipinski definition) is 11. The average Bonchev–Trinajstić information content (AvgIpc) is 3.55. The molecular formula is C44H72Cl3NO12. The molecule has 0 aromatic rings. The summed E-state index contributed by atoms with van der Waals surface area (Å²) >= 11 is 17.7. The van der Waals surface area contributed by atoms with E-state index in [9.17, 15) is 29.7 Å². The number of aliphatic hydroxyl groups excluding tert-OH is 1. The minimum Gasteiger partial charge on any atom is -0.481 e. The first kappa shape index (κ1) is 51.4. The van der Waals surface area contributed by atoms with Crippen LogP contribution in [0.15, 0.2) is 12.2 Å². The van der Waals surface area contributed by atoms with Crippen molar-refractivity contribution in [3.05, 3.63) is 12.2 Å². The third kappa shape index (κ3) is 12.1. The number of alkyl halides is 3. The van der Waals surface area contributed by atoms with E-state index in [4.69, 9.17) is 63.5 Å². The monoisotopic (exact) mass is 911 g/mol. The Morgan fingerprint density at radius 1 is 0.917 bits per heavy atom. The van der Waals surface area contributed by atoms with Gasteiger partial charge in [-0.15, -0.1) is 0 Å². The highest BCUT2D eigenvalue weighted by Crippen LogP contribution is 2.49. The Kier molecular flexibility index (Phi) is 18.1. The summed E-state index contributed by atoms with van der Waals surface area (Å²) in [6, 6.07) is -0.973. The number of nitrogens with one attached hydrogen (secondary N) is 1. The molecule has 13 nitrogen and oxygen atoms in total. The van der Waals surface area contributed by atoms with Crippen LogP contribution in [0.1, 0.15) is 133 Å². The van der Waals surface area contributed by atoms with Crippen LogP contribution in [-0.2, 0) is 38.3 Å². The number of carboxylic acids is 1. The summed E-state index contributed by atoms with van der Waals surface area (Å²) in [5.41, 5.74) is -1.91. The summed E-state index contributed by atoms with van der Waals surface area (Å²) in [5.74, 6) is -5.57. The van der Waals surface area contributed by atoms with E-state index >= 15 is 0 Å². The molecule has 4 aliphatic rings. The second kappa shape index (κ2) is 21.2. The number of Topliss-reactive ketones (excluding diaryl/α,β-unsaturated/α-hetero) is 1. The second-order valence-corrected chi connectivity index (χ2v) is 21.1. The predicted molar refractivity (Wildman–Crippen MR) is 228 cm³/mol. The van der Waals surface area contributed by atoms with E-state index in [0.717, 1.165) is 6.42 Å². The van der Waals surface area contributed by atoms with Crippen molar-refractivity contribution in [3.8, 4) is 0 Å². The molecule has 0 radical (unpaired) electrons. The average molecular weight is 913 g/mol. The van der Waals surface area contributed by atoms with Crippen molar-refractivity contribution in [1.82, 2.24) is 5.32 Å². The molecule has 0 unspecified atom stereocenters. The van der Waals surface area contributed by atoms with Crippen molar-refractivity contribution < 1.29 is 58.4 Å². The van der Waals surface area contributed by atoms with Crippen molar-refractivity contribution in [2.45, 2.75) is 197 Å². The number of carbonyl (C=O) groups is 3. The summed E-state index contributed by atoms with van der Waals surface area (Å²) in [6.07, 6.45) is 4.25. The molecule has 16 heteroatoms. The molecule has 0 aliphatic carbocycles. The van der Waals surface area contributed by atoms with Gasteiger partial charge in [-0.05, 0) is 89.4 Å². The fourth-order valence-electron chi connectivity index (χ4n) is 10.1. The van der Waals surface area contributed by atoms with Crippen molar-refractivity contribution >= 4 is 52.6 Å². The highest BCUT2D eigenvalue weighted by atomic mass is 35.6. The van der Waals surface area contributed by atoms with E-state index < -0.39 is 106 Å². The van der Waals surface area contributed by atoms with Gasteiger partial charge in [0.25, 0.3) is 0 Å². The van der Waals surface area contributed by atoms with Gasteiger partial charge in [-0.2, -0.15) is 4.89 Å². The summed E-state index contributed by atoms with van der Waals surface area (Å²) in [6.45, 7) is 18.6. The molecule has 0 saturated carbocycles. The lowest BCUT2D eigenvalue weighted by molar-refractivity contribution is -0.460. The van der Waals surface area contributed by atoms with Crippen LogP contribution in [0.4, 0.5) is 4.79 Å². The van der Waals surface area contributed by atoms with Crippen molar-refractivity contribution in [2.24, 2.45) is 41.4 Å². The smallest absolute Gasteiger partial charge is 0.407 e. The van der Waals surface area contributed by atoms with E-state index in [1.807, 2.05) is 68.4 Å². The number of alkyl carbamates (subject to hydrolysis) is 1. The normalized spacial score (nSPS) is 39.8. The lowest BCUT2D eigenvalue weighted by atomic mass is 9.74. The van der Waals surface area contributed by atoms with Gasteiger partial charge in [-0.3, -0.25) is 9.59 Å². The zero-order chi connectivity index (χ0) is 45.0. The van der Waals surface area contributed by atoms with Gasteiger partial charge < -0.3 is 39.6 Å². The topological polar surface area (TPSA) is 179 Å². The van der Waals surface area contributed by atoms with Gasteiger partial charge in [0.05, 0.1) is 47.6 Å². The second-order valence-electron chi connectivity index (χ2n) is 18.6. The van der Waals surface area contributed by atoms with Crippen molar-refractivity contribution in [3.63, 3.8) is 0 Å². The highest BCUT2D eigenvalue weighted by molar-refractivity contribution is 6.67. The minimum atomic E-state index is -1.84. The van der Waals surface area contributed by atoms with Crippen LogP contribution in [0.2, 0.25) is 0 Å². The SMILES string of the molecule is CC[C@@H](C(=O)[C@@H](C)[C@@H](O)[C@H](C)[C@@H]1O[C@@H]([C@@H](CC)C(=O)O)CC[C@@H]1C)[C@H]1OO[C@@]2(CC[C@@](C)([C@H]3CC[C@](O)(CC)[C@H](C)O3)O2)[C@H](NC(=O)OCC(Cl)(Cl)Cl)/C=C\[C@H](C)C[C@@H]1C. The quantitative estimate of drug-likeness (QED) is 0.0743. The van der Waals surface area contributed by atoms with E-state index in [0.29, 0.717) is 51.4 Å². The summed E-state index contributed by atoms with van der Waals surface area (Å²) < 4.78 is 23.3. The summed E-state index contributed by atoms with van der Waals surface area (Å²) in [7, 11) is 0. The van der Waals surface area contributed by atoms with Crippen LogP contribution in [0.5, 0.6) is 0 Å². The molecule has 4 aliphatic heterocycles. The molecular weight excluding hydrogens is 841 g/mol. The van der Waals surface area contributed by atoms with Crippen LogP contribution in [0.25, 0.3) is 0 Å². The van der Waals surface area contributed by atoms with Crippen LogP contribution < -0.4 is 5.32 Å². The molecule has 60 heavy (non-hydrogen) atoms. The van der Waals surface area contributed by atoms with Gasteiger partial charge in [-0.25, -0.2) is 9.68 Å².